The minimum Gasteiger partial charge on any atom is -0.484 e. The summed E-state index contributed by atoms with van der Waals surface area (Å²) in [4.78, 5) is 30.1. The zero-order valence-electron chi connectivity index (χ0n) is 16.6. The molecule has 158 valence electrons. The molecule has 8 heteroatoms. The van der Waals surface area contributed by atoms with Gasteiger partial charge in [-0.1, -0.05) is 35.6 Å². The molecule has 0 atom stereocenters. The second-order valence-corrected chi connectivity index (χ2v) is 9.30. The molecule has 5 rings (SSSR count). The molecule has 0 aliphatic rings. The molecule has 32 heavy (non-hydrogen) atoms. The number of hydrogen-bond donors (Lipinski definition) is 1. The molecule has 0 saturated heterocycles. The van der Waals surface area contributed by atoms with E-state index in [1.165, 1.54) is 11.3 Å². The van der Waals surface area contributed by atoms with Crippen molar-refractivity contribution < 1.29 is 9.53 Å². The van der Waals surface area contributed by atoms with Crippen LogP contribution in [0.15, 0.2) is 77.6 Å². The SMILES string of the molecule is O=C(COc1ccc(/C=c2/sc3nc4ccccc4n3c2=O)cc1)Nc1ccc(I)cc1. The number of carbonyl (C=O) groups is 1. The van der Waals surface area contributed by atoms with E-state index in [-0.39, 0.29) is 18.1 Å². The van der Waals surface area contributed by atoms with E-state index in [0.717, 1.165) is 25.9 Å². The van der Waals surface area contributed by atoms with Gasteiger partial charge in [0.25, 0.3) is 11.5 Å². The van der Waals surface area contributed by atoms with Crippen molar-refractivity contribution in [2.75, 3.05) is 11.9 Å². The molecule has 0 radical (unpaired) electrons. The summed E-state index contributed by atoms with van der Waals surface area (Å²) in [5.41, 5.74) is 3.15. The van der Waals surface area contributed by atoms with Crippen LogP contribution < -0.4 is 20.1 Å². The predicted molar refractivity (Wildman–Crippen MR) is 135 cm³/mol. The molecule has 0 spiro atoms. The van der Waals surface area contributed by atoms with Gasteiger partial charge in [0.05, 0.1) is 15.6 Å². The van der Waals surface area contributed by atoms with E-state index in [2.05, 4.69) is 32.9 Å². The standard InChI is InChI=1S/C24H16IN3O3S/c25-16-7-9-17(10-8-16)26-22(29)14-31-18-11-5-15(6-12-18)13-21-23(30)28-20-4-2-1-3-19(20)27-24(28)32-21/h1-13H,14H2,(H,26,29)/b21-13+. The Bertz CT molecular complexity index is 1540. The predicted octanol–water partition coefficient (Wildman–Crippen LogP) is 4.08. The topological polar surface area (TPSA) is 72.7 Å². The summed E-state index contributed by atoms with van der Waals surface area (Å²) in [6, 6.07) is 22.4. The Morgan fingerprint density at radius 3 is 2.59 bits per heavy atom. The monoisotopic (exact) mass is 553 g/mol. The molecule has 0 saturated carbocycles. The largest absolute Gasteiger partial charge is 0.484 e. The molecule has 2 aromatic heterocycles. The Labute approximate surface area is 200 Å². The highest BCUT2D eigenvalue weighted by Gasteiger charge is 2.10. The third kappa shape index (κ3) is 4.23. The van der Waals surface area contributed by atoms with Crippen molar-refractivity contribution in [1.82, 2.24) is 9.38 Å². The highest BCUT2D eigenvalue weighted by atomic mass is 127. The molecule has 1 N–H and O–H groups in total. The Balaban J connectivity index is 1.29. The van der Waals surface area contributed by atoms with Crippen LogP contribution in [0.25, 0.3) is 22.1 Å². The molecule has 0 fully saturated rings. The number of imidazole rings is 1. The molecule has 0 unspecified atom stereocenters. The zero-order chi connectivity index (χ0) is 22.1. The molecular weight excluding hydrogens is 537 g/mol. The number of amides is 1. The fourth-order valence-corrected chi connectivity index (χ4v) is 4.65. The first-order valence-electron chi connectivity index (χ1n) is 9.77. The van der Waals surface area contributed by atoms with E-state index in [1.807, 2.05) is 66.7 Å². The Morgan fingerprint density at radius 1 is 1.06 bits per heavy atom. The molecule has 6 nitrogen and oxygen atoms in total. The number of rotatable bonds is 5. The molecule has 5 aromatic rings. The van der Waals surface area contributed by atoms with Crippen LogP contribution in [-0.4, -0.2) is 21.9 Å². The molecule has 1 amide bonds. The van der Waals surface area contributed by atoms with E-state index in [0.29, 0.717) is 15.2 Å². The number of thiazole rings is 1. The van der Waals surface area contributed by atoms with E-state index in [1.54, 1.807) is 16.5 Å². The lowest BCUT2D eigenvalue weighted by molar-refractivity contribution is -0.118. The second kappa shape index (κ2) is 8.71. The molecule has 2 heterocycles. The average molecular weight is 553 g/mol. The van der Waals surface area contributed by atoms with E-state index < -0.39 is 0 Å². The number of para-hydroxylation sites is 2. The summed E-state index contributed by atoms with van der Waals surface area (Å²) >= 11 is 3.57. The van der Waals surface area contributed by atoms with Gasteiger partial charge in [-0.05, 0) is 82.8 Å². The maximum Gasteiger partial charge on any atom is 0.274 e. The first kappa shape index (κ1) is 20.7. The minimum absolute atomic E-state index is 0.0775. The van der Waals surface area contributed by atoms with Crippen LogP contribution in [-0.2, 0) is 4.79 Å². The number of hydrogen-bond acceptors (Lipinski definition) is 5. The van der Waals surface area contributed by atoms with Gasteiger partial charge >= 0.3 is 0 Å². The number of nitrogens with zero attached hydrogens (tertiary/aromatic N) is 2. The number of fused-ring (bicyclic) bond motifs is 3. The second-order valence-electron chi connectivity index (χ2n) is 7.05. The summed E-state index contributed by atoms with van der Waals surface area (Å²) in [5, 5.41) is 2.80. The lowest BCUT2D eigenvalue weighted by Crippen LogP contribution is -2.22. The molecular formula is C24H16IN3O3S. The van der Waals surface area contributed by atoms with E-state index >= 15 is 0 Å². The highest BCUT2D eigenvalue weighted by Crippen LogP contribution is 2.17. The van der Waals surface area contributed by atoms with Gasteiger partial charge in [-0.15, -0.1) is 0 Å². The van der Waals surface area contributed by atoms with Crippen molar-refractivity contribution in [3.63, 3.8) is 0 Å². The lowest BCUT2D eigenvalue weighted by Gasteiger charge is -2.08. The Kier molecular flexibility index (Phi) is 5.62. The maximum atomic E-state index is 12.9. The normalized spacial score (nSPS) is 11.8. The Morgan fingerprint density at radius 2 is 1.81 bits per heavy atom. The van der Waals surface area contributed by atoms with E-state index in [4.69, 9.17) is 4.74 Å². The van der Waals surface area contributed by atoms with Gasteiger partial charge < -0.3 is 10.1 Å². The average Bonchev–Trinajstić information content (AvgIpc) is 3.31. The van der Waals surface area contributed by atoms with Gasteiger partial charge in [0.15, 0.2) is 11.6 Å². The summed E-state index contributed by atoms with van der Waals surface area (Å²) in [7, 11) is 0. The van der Waals surface area contributed by atoms with Crippen LogP contribution in [0.5, 0.6) is 5.75 Å². The summed E-state index contributed by atoms with van der Waals surface area (Å²) in [6.45, 7) is -0.0883. The van der Waals surface area contributed by atoms with Crippen LogP contribution in [0.1, 0.15) is 5.56 Å². The van der Waals surface area contributed by atoms with Crippen LogP contribution >= 0.6 is 33.9 Å². The number of carbonyl (C=O) groups excluding carboxylic acids is 1. The van der Waals surface area contributed by atoms with Gasteiger partial charge in [0.2, 0.25) is 0 Å². The number of halogens is 1. The lowest BCUT2D eigenvalue weighted by atomic mass is 10.2. The molecule has 0 aliphatic heterocycles. The van der Waals surface area contributed by atoms with Gasteiger partial charge in [-0.2, -0.15) is 0 Å². The van der Waals surface area contributed by atoms with Crippen molar-refractivity contribution in [1.29, 1.82) is 0 Å². The van der Waals surface area contributed by atoms with Gasteiger partial charge in [0, 0.05) is 9.26 Å². The van der Waals surface area contributed by atoms with Crippen molar-refractivity contribution in [3.8, 4) is 5.75 Å². The number of anilines is 1. The van der Waals surface area contributed by atoms with Gasteiger partial charge in [-0.25, -0.2) is 9.38 Å². The maximum absolute atomic E-state index is 12.9. The number of benzene rings is 3. The molecule has 0 aliphatic carbocycles. The first-order valence-corrected chi connectivity index (χ1v) is 11.7. The number of ether oxygens (including phenoxy) is 1. The summed E-state index contributed by atoms with van der Waals surface area (Å²) in [5.74, 6) is 0.348. The quantitative estimate of drug-likeness (QED) is 0.333. The zero-order valence-corrected chi connectivity index (χ0v) is 19.6. The highest BCUT2D eigenvalue weighted by molar-refractivity contribution is 14.1. The number of aromatic nitrogens is 2. The van der Waals surface area contributed by atoms with Crippen LogP contribution in [0.2, 0.25) is 0 Å². The minimum atomic E-state index is -0.230. The summed E-state index contributed by atoms with van der Waals surface area (Å²) in [6.07, 6.45) is 1.84. The van der Waals surface area contributed by atoms with Gasteiger partial charge in [-0.3, -0.25) is 9.59 Å². The van der Waals surface area contributed by atoms with Crippen LogP contribution in [0.3, 0.4) is 0 Å². The van der Waals surface area contributed by atoms with Crippen molar-refractivity contribution >= 4 is 67.6 Å². The van der Waals surface area contributed by atoms with Crippen molar-refractivity contribution in [2.24, 2.45) is 0 Å². The fourth-order valence-electron chi connectivity index (χ4n) is 3.30. The Hall–Kier alpha value is -3.24. The van der Waals surface area contributed by atoms with Crippen LogP contribution in [0.4, 0.5) is 5.69 Å². The number of nitrogens with one attached hydrogen (secondary N) is 1. The van der Waals surface area contributed by atoms with Crippen molar-refractivity contribution in [2.45, 2.75) is 0 Å². The summed E-state index contributed by atoms with van der Waals surface area (Å²) < 4.78 is 8.94. The third-order valence-corrected chi connectivity index (χ3v) is 6.51. The fraction of sp³-hybridized carbons (Fsp3) is 0.0417. The smallest absolute Gasteiger partial charge is 0.274 e. The van der Waals surface area contributed by atoms with Gasteiger partial charge in [0.1, 0.15) is 5.75 Å². The third-order valence-electron chi connectivity index (χ3n) is 4.82. The van der Waals surface area contributed by atoms with Crippen LogP contribution in [0, 0.1) is 3.57 Å². The molecule has 3 aromatic carbocycles. The first-order chi connectivity index (χ1) is 15.6. The molecule has 0 bridgehead atoms. The van der Waals surface area contributed by atoms with Crippen molar-refractivity contribution in [3.05, 3.63) is 96.8 Å². The van der Waals surface area contributed by atoms with E-state index in [9.17, 15) is 9.59 Å².